The fraction of sp³-hybridized carbons (Fsp3) is 0.333. The fourth-order valence-corrected chi connectivity index (χ4v) is 0.667. The van der Waals surface area contributed by atoms with Crippen molar-refractivity contribution in [3.05, 3.63) is 18.5 Å². The molecular formula is C6H9N3O. The van der Waals surface area contributed by atoms with Gasteiger partial charge in [0.1, 0.15) is 6.29 Å². The van der Waals surface area contributed by atoms with Crippen molar-refractivity contribution in [2.24, 2.45) is 5.73 Å². The zero-order valence-corrected chi connectivity index (χ0v) is 5.47. The van der Waals surface area contributed by atoms with Gasteiger partial charge in [0, 0.05) is 12.4 Å². The molecular weight excluding hydrogens is 130 g/mol. The van der Waals surface area contributed by atoms with Gasteiger partial charge >= 0.3 is 0 Å². The smallest absolute Gasteiger partial charge is 0.138 e. The minimum absolute atomic E-state index is 0.445. The minimum atomic E-state index is -0.445. The molecule has 0 saturated carbocycles. The van der Waals surface area contributed by atoms with Crippen molar-refractivity contribution in [2.75, 3.05) is 0 Å². The van der Waals surface area contributed by atoms with E-state index < -0.39 is 6.04 Å². The Kier molecular flexibility index (Phi) is 2.17. The lowest BCUT2D eigenvalue weighted by Gasteiger charge is -2.01. The summed E-state index contributed by atoms with van der Waals surface area (Å²) in [5, 5.41) is 3.88. The summed E-state index contributed by atoms with van der Waals surface area (Å²) in [4.78, 5) is 10.1. The standard InChI is InChI=1S/C6H9N3O/c7-6(5-10)4-9-3-1-2-8-9/h1-3,5-6H,4,7H2/t6-/m0/s1. The third-order valence-electron chi connectivity index (χ3n) is 1.13. The highest BCUT2D eigenvalue weighted by Crippen LogP contribution is 1.85. The molecule has 1 aromatic heterocycles. The second-order valence-electron chi connectivity index (χ2n) is 2.03. The number of aldehydes is 1. The second kappa shape index (κ2) is 3.12. The van der Waals surface area contributed by atoms with Gasteiger partial charge in [-0.05, 0) is 6.07 Å². The lowest BCUT2D eigenvalue weighted by Crippen LogP contribution is -2.27. The highest BCUT2D eigenvalue weighted by atomic mass is 16.1. The second-order valence-corrected chi connectivity index (χ2v) is 2.03. The number of hydrogen-bond donors (Lipinski definition) is 1. The van der Waals surface area contributed by atoms with Gasteiger partial charge < -0.3 is 10.5 Å². The number of nitrogens with two attached hydrogens (primary N) is 1. The Balaban J connectivity index is 2.47. The Morgan fingerprint density at radius 2 is 2.60 bits per heavy atom. The average Bonchev–Trinajstić information content (AvgIpc) is 2.40. The lowest BCUT2D eigenvalue weighted by atomic mass is 10.3. The Hall–Kier alpha value is -1.16. The summed E-state index contributed by atoms with van der Waals surface area (Å²) in [5.74, 6) is 0. The number of carbonyl (C=O) groups excluding carboxylic acids is 1. The van der Waals surface area contributed by atoms with Gasteiger partial charge in [0.25, 0.3) is 0 Å². The van der Waals surface area contributed by atoms with Crippen LogP contribution in [0.15, 0.2) is 18.5 Å². The van der Waals surface area contributed by atoms with Crippen molar-refractivity contribution < 1.29 is 4.79 Å². The molecule has 0 radical (unpaired) electrons. The van der Waals surface area contributed by atoms with Gasteiger partial charge in [-0.1, -0.05) is 0 Å². The van der Waals surface area contributed by atoms with E-state index in [-0.39, 0.29) is 0 Å². The molecule has 0 amide bonds. The van der Waals surface area contributed by atoms with Crippen molar-refractivity contribution in [3.63, 3.8) is 0 Å². The molecule has 0 aliphatic rings. The summed E-state index contributed by atoms with van der Waals surface area (Å²) in [5.41, 5.74) is 5.34. The Morgan fingerprint density at radius 3 is 3.10 bits per heavy atom. The highest BCUT2D eigenvalue weighted by molar-refractivity contribution is 5.56. The molecule has 0 bridgehead atoms. The van der Waals surface area contributed by atoms with Crippen molar-refractivity contribution in [2.45, 2.75) is 12.6 Å². The predicted octanol–water partition coefficient (Wildman–Crippen LogP) is -0.591. The van der Waals surface area contributed by atoms with Crippen LogP contribution < -0.4 is 5.73 Å². The molecule has 1 atom stereocenters. The minimum Gasteiger partial charge on any atom is -0.320 e. The zero-order valence-electron chi connectivity index (χ0n) is 5.47. The molecule has 0 fully saturated rings. The zero-order chi connectivity index (χ0) is 7.40. The van der Waals surface area contributed by atoms with Crippen LogP contribution in [-0.4, -0.2) is 22.1 Å². The fourth-order valence-electron chi connectivity index (χ4n) is 0.667. The van der Waals surface area contributed by atoms with Gasteiger partial charge in [-0.2, -0.15) is 5.10 Å². The Labute approximate surface area is 58.6 Å². The Morgan fingerprint density at radius 1 is 1.80 bits per heavy atom. The molecule has 4 heteroatoms. The molecule has 0 aliphatic heterocycles. The van der Waals surface area contributed by atoms with Crippen LogP contribution in [-0.2, 0) is 11.3 Å². The first-order chi connectivity index (χ1) is 4.83. The number of hydrogen-bond acceptors (Lipinski definition) is 3. The maximum Gasteiger partial charge on any atom is 0.138 e. The third kappa shape index (κ3) is 1.66. The van der Waals surface area contributed by atoms with Gasteiger partial charge in [-0.3, -0.25) is 4.68 Å². The van der Waals surface area contributed by atoms with E-state index in [0.29, 0.717) is 12.8 Å². The van der Waals surface area contributed by atoms with Crippen LogP contribution in [0.25, 0.3) is 0 Å². The van der Waals surface area contributed by atoms with Gasteiger partial charge in [0.2, 0.25) is 0 Å². The quantitative estimate of drug-likeness (QED) is 0.569. The maximum absolute atomic E-state index is 10.1. The van der Waals surface area contributed by atoms with Crippen LogP contribution in [0.3, 0.4) is 0 Å². The van der Waals surface area contributed by atoms with E-state index in [0.717, 1.165) is 0 Å². The highest BCUT2D eigenvalue weighted by Gasteiger charge is 1.99. The summed E-state index contributed by atoms with van der Waals surface area (Å²) in [6, 6.07) is 1.34. The molecule has 0 aromatic carbocycles. The van der Waals surface area contributed by atoms with E-state index in [1.807, 2.05) is 0 Å². The van der Waals surface area contributed by atoms with Crippen molar-refractivity contribution in [3.8, 4) is 0 Å². The summed E-state index contributed by atoms with van der Waals surface area (Å²) in [7, 11) is 0. The molecule has 1 heterocycles. The SMILES string of the molecule is N[C@H](C=O)Cn1cccn1. The normalized spacial score (nSPS) is 12.9. The first-order valence-corrected chi connectivity index (χ1v) is 3.01. The molecule has 2 N–H and O–H groups in total. The lowest BCUT2D eigenvalue weighted by molar-refractivity contribution is -0.109. The van der Waals surface area contributed by atoms with Crippen LogP contribution in [0.4, 0.5) is 0 Å². The first-order valence-electron chi connectivity index (χ1n) is 3.01. The van der Waals surface area contributed by atoms with Crippen LogP contribution in [0.1, 0.15) is 0 Å². The van der Waals surface area contributed by atoms with Crippen LogP contribution >= 0.6 is 0 Å². The first kappa shape index (κ1) is 6.95. The van der Waals surface area contributed by atoms with E-state index in [9.17, 15) is 4.79 Å². The van der Waals surface area contributed by atoms with Crippen molar-refractivity contribution in [1.82, 2.24) is 9.78 Å². The van der Waals surface area contributed by atoms with Crippen molar-refractivity contribution in [1.29, 1.82) is 0 Å². The van der Waals surface area contributed by atoms with Gasteiger partial charge in [-0.15, -0.1) is 0 Å². The largest absolute Gasteiger partial charge is 0.320 e. The molecule has 0 unspecified atom stereocenters. The number of carbonyl (C=O) groups is 1. The Bertz CT molecular complexity index is 195. The third-order valence-corrected chi connectivity index (χ3v) is 1.13. The van der Waals surface area contributed by atoms with E-state index in [1.165, 1.54) is 0 Å². The summed E-state index contributed by atoms with van der Waals surface area (Å²) >= 11 is 0. The number of nitrogens with zero attached hydrogens (tertiary/aromatic N) is 2. The molecule has 54 valence electrons. The average molecular weight is 139 g/mol. The summed E-state index contributed by atoms with van der Waals surface area (Å²) in [6.45, 7) is 0.455. The van der Waals surface area contributed by atoms with Crippen molar-refractivity contribution >= 4 is 6.29 Å². The van der Waals surface area contributed by atoms with Crippen LogP contribution in [0.5, 0.6) is 0 Å². The summed E-state index contributed by atoms with van der Waals surface area (Å²) in [6.07, 6.45) is 4.13. The van der Waals surface area contributed by atoms with E-state index >= 15 is 0 Å². The molecule has 0 saturated heterocycles. The van der Waals surface area contributed by atoms with Gasteiger partial charge in [0.15, 0.2) is 0 Å². The number of rotatable bonds is 3. The molecule has 1 aromatic rings. The van der Waals surface area contributed by atoms with Gasteiger partial charge in [0.05, 0.1) is 12.6 Å². The number of aromatic nitrogens is 2. The molecule has 0 aliphatic carbocycles. The van der Waals surface area contributed by atoms with Crippen LogP contribution in [0.2, 0.25) is 0 Å². The topological polar surface area (TPSA) is 60.9 Å². The van der Waals surface area contributed by atoms with E-state index in [2.05, 4.69) is 5.10 Å². The monoisotopic (exact) mass is 139 g/mol. The van der Waals surface area contributed by atoms with E-state index in [1.54, 1.807) is 23.1 Å². The molecule has 4 nitrogen and oxygen atoms in total. The molecule has 0 spiro atoms. The molecule has 1 rings (SSSR count). The molecule has 10 heavy (non-hydrogen) atoms. The predicted molar refractivity (Wildman–Crippen MR) is 36.3 cm³/mol. The van der Waals surface area contributed by atoms with Gasteiger partial charge in [-0.25, -0.2) is 0 Å². The van der Waals surface area contributed by atoms with Crippen LogP contribution in [0, 0.1) is 0 Å². The summed E-state index contributed by atoms with van der Waals surface area (Å²) < 4.78 is 1.62. The van der Waals surface area contributed by atoms with E-state index in [4.69, 9.17) is 5.73 Å². The maximum atomic E-state index is 10.1.